The molecule has 0 unspecified atom stereocenters. The summed E-state index contributed by atoms with van der Waals surface area (Å²) >= 11 is 1.16. The Labute approximate surface area is 172 Å². The summed E-state index contributed by atoms with van der Waals surface area (Å²) < 4.78 is 5.16. The molecule has 0 aliphatic heterocycles. The molecule has 0 aliphatic rings. The Kier molecular flexibility index (Phi) is 6.85. The third-order valence-corrected chi connectivity index (χ3v) is 5.08. The van der Waals surface area contributed by atoms with E-state index in [9.17, 15) is 9.59 Å². The highest BCUT2D eigenvalue weighted by molar-refractivity contribution is 8.00. The Balaban J connectivity index is 1.79. The molecular formula is C20H21N5O3S. The van der Waals surface area contributed by atoms with E-state index in [2.05, 4.69) is 25.8 Å². The van der Waals surface area contributed by atoms with Gasteiger partial charge in [-0.25, -0.2) is 9.78 Å². The molecule has 8 nitrogen and oxygen atoms in total. The molecule has 0 fully saturated rings. The maximum absolute atomic E-state index is 12.7. The molecule has 0 aliphatic carbocycles. The van der Waals surface area contributed by atoms with Crippen molar-refractivity contribution < 1.29 is 14.3 Å². The molecule has 3 aromatic rings. The van der Waals surface area contributed by atoms with Crippen molar-refractivity contribution in [3.63, 3.8) is 0 Å². The minimum absolute atomic E-state index is 0.399. The van der Waals surface area contributed by atoms with Gasteiger partial charge < -0.3 is 10.1 Å². The molecule has 0 bridgehead atoms. The van der Waals surface area contributed by atoms with Crippen LogP contribution in [0.1, 0.15) is 17.7 Å². The topological polar surface area (TPSA) is 109 Å². The molecule has 3 amide bonds. The molecule has 3 N–H and O–H groups in total. The summed E-state index contributed by atoms with van der Waals surface area (Å²) in [6.45, 7) is 2.20. The van der Waals surface area contributed by atoms with Gasteiger partial charge in [0.1, 0.15) is 11.0 Å². The lowest BCUT2D eigenvalue weighted by atomic mass is 10.1. The number of imide groups is 1. The quantitative estimate of drug-likeness (QED) is 0.515. The largest absolute Gasteiger partial charge is 0.497 e. The Bertz CT molecular complexity index is 960. The molecule has 29 heavy (non-hydrogen) atoms. The summed E-state index contributed by atoms with van der Waals surface area (Å²) in [5, 5.41) is 11.7. The lowest BCUT2D eigenvalue weighted by Gasteiger charge is -2.14. The van der Waals surface area contributed by atoms with Gasteiger partial charge in [-0.1, -0.05) is 42.1 Å². The van der Waals surface area contributed by atoms with Crippen molar-refractivity contribution in [1.29, 1.82) is 0 Å². The van der Waals surface area contributed by atoms with E-state index in [0.717, 1.165) is 28.6 Å². The van der Waals surface area contributed by atoms with E-state index in [1.807, 2.05) is 54.6 Å². The highest BCUT2D eigenvalue weighted by Gasteiger charge is 2.25. The Hall–Kier alpha value is -3.33. The number of urea groups is 1. The SMILES string of the molecule is CCNC(=O)NC(=O)[C@@H](Sc1n[nH]c(-c2ccc(OC)cc2)n1)c1ccccc1. The molecule has 1 heterocycles. The van der Waals surface area contributed by atoms with Crippen molar-refractivity contribution in [2.24, 2.45) is 0 Å². The number of nitrogens with zero attached hydrogens (tertiary/aromatic N) is 2. The predicted octanol–water partition coefficient (Wildman–Crippen LogP) is 3.16. The summed E-state index contributed by atoms with van der Waals surface area (Å²) in [4.78, 5) is 29.0. The molecule has 1 atom stereocenters. The van der Waals surface area contributed by atoms with E-state index >= 15 is 0 Å². The number of thioether (sulfide) groups is 1. The number of amides is 3. The van der Waals surface area contributed by atoms with Gasteiger partial charge in [-0.15, -0.1) is 5.10 Å². The van der Waals surface area contributed by atoms with Crippen molar-refractivity contribution in [1.82, 2.24) is 25.8 Å². The first kappa shape index (κ1) is 20.4. The number of H-pyrrole nitrogens is 1. The van der Waals surface area contributed by atoms with Crippen LogP contribution in [-0.4, -0.2) is 40.8 Å². The second-order valence-electron chi connectivity index (χ2n) is 5.95. The van der Waals surface area contributed by atoms with Gasteiger partial charge in [0, 0.05) is 12.1 Å². The maximum atomic E-state index is 12.7. The Morgan fingerprint density at radius 2 is 1.86 bits per heavy atom. The van der Waals surface area contributed by atoms with Crippen molar-refractivity contribution in [2.45, 2.75) is 17.3 Å². The zero-order chi connectivity index (χ0) is 20.6. The van der Waals surface area contributed by atoms with E-state index < -0.39 is 17.2 Å². The molecule has 150 valence electrons. The molecule has 9 heteroatoms. The summed E-state index contributed by atoms with van der Waals surface area (Å²) in [5.41, 5.74) is 1.59. The van der Waals surface area contributed by atoms with Crippen LogP contribution in [0.2, 0.25) is 0 Å². The van der Waals surface area contributed by atoms with Crippen LogP contribution in [0, 0.1) is 0 Å². The molecular weight excluding hydrogens is 390 g/mol. The van der Waals surface area contributed by atoms with Crippen LogP contribution in [0.5, 0.6) is 5.75 Å². The van der Waals surface area contributed by atoms with Crippen LogP contribution in [0.15, 0.2) is 59.8 Å². The van der Waals surface area contributed by atoms with Gasteiger partial charge in [-0.3, -0.25) is 15.2 Å². The number of benzene rings is 2. The number of hydrogen-bond acceptors (Lipinski definition) is 6. The lowest BCUT2D eigenvalue weighted by Crippen LogP contribution is -2.41. The number of rotatable bonds is 7. The number of methoxy groups -OCH3 is 1. The van der Waals surface area contributed by atoms with Gasteiger partial charge in [0.2, 0.25) is 11.1 Å². The highest BCUT2D eigenvalue weighted by Crippen LogP contribution is 2.34. The zero-order valence-corrected chi connectivity index (χ0v) is 16.8. The molecule has 1 aromatic heterocycles. The van der Waals surface area contributed by atoms with Crippen molar-refractivity contribution >= 4 is 23.7 Å². The first-order valence-corrected chi connectivity index (χ1v) is 9.85. The van der Waals surface area contributed by atoms with Gasteiger partial charge in [0.05, 0.1) is 7.11 Å². The van der Waals surface area contributed by atoms with Gasteiger partial charge in [0.15, 0.2) is 5.82 Å². The lowest BCUT2D eigenvalue weighted by molar-refractivity contribution is -0.119. The average Bonchev–Trinajstić information content (AvgIpc) is 3.21. The number of ether oxygens (including phenoxy) is 1. The number of aromatic amines is 1. The minimum atomic E-state index is -0.682. The van der Waals surface area contributed by atoms with E-state index in [-0.39, 0.29) is 0 Å². The van der Waals surface area contributed by atoms with E-state index in [0.29, 0.717) is 17.5 Å². The van der Waals surface area contributed by atoms with E-state index in [4.69, 9.17) is 4.74 Å². The number of carbonyl (C=O) groups excluding carboxylic acids is 2. The van der Waals surface area contributed by atoms with Crippen LogP contribution in [0.25, 0.3) is 11.4 Å². The van der Waals surface area contributed by atoms with Crippen molar-refractivity contribution in [2.75, 3.05) is 13.7 Å². The molecule has 0 saturated heterocycles. The van der Waals surface area contributed by atoms with Crippen LogP contribution in [0.3, 0.4) is 0 Å². The second-order valence-corrected chi connectivity index (χ2v) is 7.02. The normalized spacial score (nSPS) is 11.5. The van der Waals surface area contributed by atoms with Crippen molar-refractivity contribution in [3.8, 4) is 17.1 Å². The second kappa shape index (κ2) is 9.74. The summed E-state index contributed by atoms with van der Waals surface area (Å²) in [6, 6.07) is 16.0. The van der Waals surface area contributed by atoms with Gasteiger partial charge in [-0.05, 0) is 36.8 Å². The summed E-state index contributed by atoms with van der Waals surface area (Å²) in [5.74, 6) is 0.878. The smallest absolute Gasteiger partial charge is 0.321 e. The number of carbonyl (C=O) groups is 2. The minimum Gasteiger partial charge on any atom is -0.497 e. The summed E-state index contributed by atoms with van der Waals surface area (Å²) in [6.07, 6.45) is 0. The number of hydrogen-bond donors (Lipinski definition) is 3. The van der Waals surface area contributed by atoms with Crippen LogP contribution >= 0.6 is 11.8 Å². The third-order valence-electron chi connectivity index (χ3n) is 3.97. The monoisotopic (exact) mass is 411 g/mol. The molecule has 2 aromatic carbocycles. The van der Waals surface area contributed by atoms with Gasteiger partial charge in [-0.2, -0.15) is 0 Å². The van der Waals surface area contributed by atoms with Crippen molar-refractivity contribution in [3.05, 3.63) is 60.2 Å². The molecule has 0 saturated carbocycles. The van der Waals surface area contributed by atoms with Crippen LogP contribution < -0.4 is 15.4 Å². The maximum Gasteiger partial charge on any atom is 0.321 e. The average molecular weight is 411 g/mol. The predicted molar refractivity (Wildman–Crippen MR) is 111 cm³/mol. The molecule has 0 spiro atoms. The first-order valence-electron chi connectivity index (χ1n) is 8.97. The Morgan fingerprint density at radius 3 is 2.52 bits per heavy atom. The summed E-state index contributed by atoms with van der Waals surface area (Å²) in [7, 11) is 1.60. The fraction of sp³-hybridized carbons (Fsp3) is 0.200. The van der Waals surface area contributed by atoms with E-state index in [1.54, 1.807) is 14.0 Å². The first-order chi connectivity index (χ1) is 14.1. The van der Waals surface area contributed by atoms with Gasteiger partial charge >= 0.3 is 6.03 Å². The zero-order valence-electron chi connectivity index (χ0n) is 16.0. The van der Waals surface area contributed by atoms with E-state index in [1.165, 1.54) is 0 Å². The standard InChI is InChI=1S/C20H21N5O3S/c1-3-21-19(27)23-18(26)16(13-7-5-4-6-8-13)29-20-22-17(24-25-20)14-9-11-15(28-2)12-10-14/h4-12,16H,3H2,1-2H3,(H,22,24,25)(H2,21,23,26,27)/t16-/m0/s1. The Morgan fingerprint density at radius 1 is 1.14 bits per heavy atom. The van der Waals surface area contributed by atoms with Gasteiger partial charge in [0.25, 0.3) is 0 Å². The molecule has 0 radical (unpaired) electrons. The fourth-order valence-corrected chi connectivity index (χ4v) is 3.48. The van der Waals surface area contributed by atoms with Crippen LogP contribution in [-0.2, 0) is 4.79 Å². The highest BCUT2D eigenvalue weighted by atomic mass is 32.2. The number of nitrogens with one attached hydrogen (secondary N) is 3. The molecule has 3 rings (SSSR count). The number of aromatic nitrogens is 3. The fourth-order valence-electron chi connectivity index (χ4n) is 2.57. The van der Waals surface area contributed by atoms with Crippen LogP contribution in [0.4, 0.5) is 4.79 Å². The third kappa shape index (κ3) is 5.35.